The van der Waals surface area contributed by atoms with Crippen LogP contribution in [0.1, 0.15) is 158 Å². The lowest BCUT2D eigenvalue weighted by Gasteiger charge is -2.66. The van der Waals surface area contributed by atoms with Gasteiger partial charge < -0.3 is 18.9 Å². The Bertz CT molecular complexity index is 2110. The van der Waals surface area contributed by atoms with Crippen LogP contribution in [-0.2, 0) is 19.0 Å². The Kier molecular flexibility index (Phi) is 9.67. The van der Waals surface area contributed by atoms with Gasteiger partial charge in [0, 0.05) is 5.41 Å². The monoisotopic (exact) mass is 778 g/mol. The second-order valence-electron chi connectivity index (χ2n) is 19.3. The molecule has 0 aromatic heterocycles. The van der Waals surface area contributed by atoms with Crippen molar-refractivity contribution in [3.05, 3.63) is 75.9 Å². The summed E-state index contributed by atoms with van der Waals surface area (Å²) in [4.78, 5) is 77.5. The van der Waals surface area contributed by atoms with Gasteiger partial charge in [0.1, 0.15) is 11.9 Å². The summed E-state index contributed by atoms with van der Waals surface area (Å²) in [6, 6.07) is 8.66. The summed E-state index contributed by atoms with van der Waals surface area (Å²) < 4.78 is 22.0. The predicted molar refractivity (Wildman–Crippen MR) is 208 cm³/mol. The largest absolute Gasteiger partial charge is 0.458 e. The van der Waals surface area contributed by atoms with Gasteiger partial charge in [0.15, 0.2) is 0 Å². The van der Waals surface area contributed by atoms with Crippen LogP contribution in [0.2, 0.25) is 0 Å². The molecule has 2 aromatic rings. The molecule has 0 saturated heterocycles. The minimum absolute atomic E-state index is 0.0379. The summed E-state index contributed by atoms with van der Waals surface area (Å²) >= 11 is 0. The van der Waals surface area contributed by atoms with E-state index in [-0.39, 0.29) is 56.3 Å². The van der Waals surface area contributed by atoms with E-state index in [1.54, 1.807) is 0 Å². The van der Waals surface area contributed by atoms with Crippen molar-refractivity contribution in [1.29, 1.82) is 0 Å². The highest BCUT2D eigenvalue weighted by Crippen LogP contribution is 2.71. The lowest BCUT2D eigenvalue weighted by atomic mass is 9.38. The number of fused-ring (bicyclic) bond motifs is 7. The number of carbonyl (C=O) groups excluding carboxylic acids is 6. The van der Waals surface area contributed by atoms with Gasteiger partial charge in [0.2, 0.25) is 0 Å². The zero-order valence-corrected chi connectivity index (χ0v) is 34.1. The Labute approximate surface area is 334 Å². The third-order valence-corrected chi connectivity index (χ3v) is 15.7. The first-order chi connectivity index (χ1) is 26.9. The fourth-order valence-corrected chi connectivity index (χ4v) is 13.3. The van der Waals surface area contributed by atoms with E-state index >= 15 is 0 Å². The summed E-state index contributed by atoms with van der Waals surface area (Å²) in [5.74, 6) is -2.22. The summed E-state index contributed by atoms with van der Waals surface area (Å²) in [5, 5.41) is 0. The quantitative estimate of drug-likeness (QED) is 0.0838. The highest BCUT2D eigenvalue weighted by molar-refractivity contribution is 6.16. The summed E-state index contributed by atoms with van der Waals surface area (Å²) in [7, 11) is 0. The molecule has 302 valence electrons. The third kappa shape index (κ3) is 6.36. The maximum absolute atomic E-state index is 14.8. The Morgan fingerprint density at radius 2 is 1.40 bits per heavy atom. The van der Waals surface area contributed by atoms with Crippen LogP contribution in [0.5, 0.6) is 5.75 Å². The van der Waals surface area contributed by atoms with Gasteiger partial charge in [0.25, 0.3) is 0 Å². The smallest absolute Gasteiger partial charge is 0.347 e. The molecule has 0 amide bonds. The first-order valence-corrected chi connectivity index (χ1v) is 20.8. The number of ether oxygens (including phenoxy) is 4. The zero-order valence-electron chi connectivity index (χ0n) is 34.1. The lowest BCUT2D eigenvalue weighted by molar-refractivity contribution is -0.208. The highest BCUT2D eigenvalue weighted by Gasteiger charge is 2.67. The van der Waals surface area contributed by atoms with Gasteiger partial charge in [-0.15, -0.1) is 0 Å². The standard InChI is InChI=1S/C47H54O10/c1-24(2)9-8-10-25(3)34-15-16-35-32-23-33(44(53)54-27-12-14-29-31(22-27)43(52)57-41(29)50)38-45(4,5)37(18-20-47(38,7)36(32)17-19-46(34,35)6)55-39(48)26-11-13-28-30(21-26)42(51)56-40(28)49/h9,11-14,21-22,25,32-38H,8,10,15-20,23H2,1-7H3. The van der Waals surface area contributed by atoms with E-state index in [1.807, 2.05) is 0 Å². The van der Waals surface area contributed by atoms with Crippen molar-refractivity contribution in [1.82, 2.24) is 0 Å². The molecule has 8 rings (SSSR count). The van der Waals surface area contributed by atoms with Crippen molar-refractivity contribution < 1.29 is 47.7 Å². The highest BCUT2D eigenvalue weighted by atomic mass is 16.6. The molecule has 10 unspecified atom stereocenters. The first-order valence-electron chi connectivity index (χ1n) is 20.8. The minimum atomic E-state index is -0.793. The number of hydrogen-bond donors (Lipinski definition) is 0. The topological polar surface area (TPSA) is 139 Å². The molecule has 10 atom stereocenters. The first kappa shape index (κ1) is 39.2. The van der Waals surface area contributed by atoms with Gasteiger partial charge in [-0.25, -0.2) is 24.0 Å². The molecule has 0 N–H and O–H groups in total. The molecule has 0 bridgehead atoms. The van der Waals surface area contributed by atoms with E-state index in [2.05, 4.69) is 54.5 Å². The molecule has 6 aliphatic rings. The fraction of sp³-hybridized carbons (Fsp3) is 0.574. The Morgan fingerprint density at radius 1 is 0.789 bits per heavy atom. The number of rotatable bonds is 8. The van der Waals surface area contributed by atoms with Gasteiger partial charge in [-0.2, -0.15) is 0 Å². The van der Waals surface area contributed by atoms with Gasteiger partial charge in [0.05, 0.1) is 33.7 Å². The molecule has 2 aromatic carbocycles. The van der Waals surface area contributed by atoms with Crippen LogP contribution < -0.4 is 4.74 Å². The number of allylic oxidation sites excluding steroid dienone is 2. The molecule has 0 radical (unpaired) electrons. The normalized spacial score (nSPS) is 33.8. The van der Waals surface area contributed by atoms with Crippen LogP contribution in [0.15, 0.2) is 48.0 Å². The average Bonchev–Trinajstić information content (AvgIpc) is 3.76. The van der Waals surface area contributed by atoms with Gasteiger partial charge in [-0.05, 0) is 154 Å². The van der Waals surface area contributed by atoms with E-state index in [0.29, 0.717) is 42.4 Å². The molecule has 0 spiro atoms. The van der Waals surface area contributed by atoms with E-state index in [9.17, 15) is 28.8 Å². The van der Waals surface area contributed by atoms with Crippen LogP contribution in [0, 0.1) is 57.7 Å². The third-order valence-electron chi connectivity index (χ3n) is 15.7. The molecule has 4 fully saturated rings. The van der Waals surface area contributed by atoms with Crippen molar-refractivity contribution in [2.24, 2.45) is 57.7 Å². The molecular formula is C47H54O10. The van der Waals surface area contributed by atoms with Crippen molar-refractivity contribution >= 4 is 35.8 Å². The maximum atomic E-state index is 14.8. The predicted octanol–water partition coefficient (Wildman–Crippen LogP) is 9.34. The van der Waals surface area contributed by atoms with Crippen molar-refractivity contribution in [3.63, 3.8) is 0 Å². The lowest BCUT2D eigenvalue weighted by Crippen LogP contribution is -2.64. The number of carbonyl (C=O) groups is 6. The molecular weight excluding hydrogens is 725 g/mol. The average molecular weight is 779 g/mol. The number of esters is 6. The van der Waals surface area contributed by atoms with Gasteiger partial charge in [-0.3, -0.25) is 4.79 Å². The summed E-state index contributed by atoms with van der Waals surface area (Å²) in [5.41, 5.74) is 1.11. The fourth-order valence-electron chi connectivity index (χ4n) is 13.3. The van der Waals surface area contributed by atoms with Crippen LogP contribution in [0.25, 0.3) is 0 Å². The molecule has 4 saturated carbocycles. The van der Waals surface area contributed by atoms with Crippen LogP contribution in [0.4, 0.5) is 0 Å². The van der Waals surface area contributed by atoms with Crippen molar-refractivity contribution in [2.45, 2.75) is 112 Å². The second-order valence-corrected chi connectivity index (χ2v) is 19.3. The number of benzene rings is 2. The maximum Gasteiger partial charge on any atom is 0.347 e. The van der Waals surface area contributed by atoms with Crippen LogP contribution in [-0.4, -0.2) is 41.9 Å². The van der Waals surface area contributed by atoms with E-state index in [4.69, 9.17) is 18.9 Å². The number of cyclic esters (lactones) is 4. The Hall–Kier alpha value is -4.60. The van der Waals surface area contributed by atoms with Crippen LogP contribution >= 0.6 is 0 Å². The van der Waals surface area contributed by atoms with Gasteiger partial charge in [-0.1, -0.05) is 46.3 Å². The molecule has 10 heteroatoms. The Balaban J connectivity index is 1.11. The van der Waals surface area contributed by atoms with E-state index in [0.717, 1.165) is 32.1 Å². The summed E-state index contributed by atoms with van der Waals surface area (Å²) in [6.45, 7) is 15.8. The number of hydrogen-bond acceptors (Lipinski definition) is 10. The van der Waals surface area contributed by atoms with E-state index < -0.39 is 47.3 Å². The molecule has 10 nitrogen and oxygen atoms in total. The van der Waals surface area contributed by atoms with E-state index in [1.165, 1.54) is 54.8 Å². The Morgan fingerprint density at radius 3 is 2.09 bits per heavy atom. The SMILES string of the molecule is CC(C)=CCCC(C)C1CCC2C3CC(C(=O)Oc4ccc5c(c4)C(=O)OC5=O)C4C(C)(C)C(OC(=O)c5ccc6c(c5)C(=O)OC6=O)CCC4(C)C3CCC12C. The summed E-state index contributed by atoms with van der Waals surface area (Å²) in [6.07, 6.45) is 10.6. The molecule has 2 heterocycles. The molecule has 4 aliphatic carbocycles. The zero-order chi connectivity index (χ0) is 40.8. The molecule has 2 aliphatic heterocycles. The minimum Gasteiger partial charge on any atom is -0.458 e. The van der Waals surface area contributed by atoms with Gasteiger partial charge >= 0.3 is 35.8 Å². The van der Waals surface area contributed by atoms with Crippen LogP contribution in [0.3, 0.4) is 0 Å². The van der Waals surface area contributed by atoms with Crippen molar-refractivity contribution in [3.8, 4) is 5.75 Å². The second kappa shape index (κ2) is 14.0. The van der Waals surface area contributed by atoms with Crippen molar-refractivity contribution in [2.75, 3.05) is 0 Å². The molecule has 57 heavy (non-hydrogen) atoms.